The first-order chi connectivity index (χ1) is 16.6. The van der Waals surface area contributed by atoms with Crippen LogP contribution < -0.4 is 14.9 Å². The molecule has 0 spiro atoms. The number of aromatic nitrogens is 2. The van der Waals surface area contributed by atoms with Gasteiger partial charge in [0.05, 0.1) is 24.0 Å². The van der Waals surface area contributed by atoms with E-state index in [0.717, 1.165) is 0 Å². The van der Waals surface area contributed by atoms with Gasteiger partial charge in [-0.25, -0.2) is 18.2 Å². The summed E-state index contributed by atoms with van der Waals surface area (Å²) in [5.74, 6) is -0.579. The van der Waals surface area contributed by atoms with Crippen molar-refractivity contribution in [2.45, 2.75) is 23.3 Å². The number of rotatable bonds is 6. The number of imidazole rings is 1. The summed E-state index contributed by atoms with van der Waals surface area (Å²) in [6, 6.07) is 5.19. The molecule has 0 unspecified atom stereocenters. The second-order valence-corrected chi connectivity index (χ2v) is 10.4. The Morgan fingerprint density at radius 1 is 1.20 bits per heavy atom. The Hall–Kier alpha value is -3.88. The van der Waals surface area contributed by atoms with Crippen molar-refractivity contribution < 1.29 is 18.0 Å². The van der Waals surface area contributed by atoms with Crippen molar-refractivity contribution in [2.24, 2.45) is 0 Å². The SMILES string of the molecule is CN(C)C(=O)N1CCN(c2cc(S(=O)(=O)NC3(C#N)CC3)cn3c(C(=O)NCC#N)cnc23)CC1. The number of sulfonamides is 1. The third-order valence-electron chi connectivity index (χ3n) is 6.00. The molecule has 0 atom stereocenters. The lowest BCUT2D eigenvalue weighted by molar-refractivity contribution is 0.0952. The maximum absolute atomic E-state index is 13.2. The van der Waals surface area contributed by atoms with Gasteiger partial charge in [-0.1, -0.05) is 0 Å². The van der Waals surface area contributed by atoms with Gasteiger partial charge in [-0.15, -0.1) is 0 Å². The number of carbonyl (C=O) groups excluding carboxylic acids is 2. The largest absolute Gasteiger partial charge is 0.365 e. The maximum Gasteiger partial charge on any atom is 0.319 e. The van der Waals surface area contributed by atoms with Crippen molar-refractivity contribution in [3.8, 4) is 12.1 Å². The van der Waals surface area contributed by atoms with E-state index in [1.54, 1.807) is 19.0 Å². The van der Waals surface area contributed by atoms with Crippen molar-refractivity contribution in [1.82, 2.24) is 29.2 Å². The highest BCUT2D eigenvalue weighted by atomic mass is 32.2. The number of fused-ring (bicyclic) bond motifs is 1. The van der Waals surface area contributed by atoms with Gasteiger partial charge >= 0.3 is 6.03 Å². The van der Waals surface area contributed by atoms with Gasteiger partial charge < -0.3 is 20.0 Å². The van der Waals surface area contributed by atoms with E-state index in [1.165, 1.54) is 27.8 Å². The summed E-state index contributed by atoms with van der Waals surface area (Å²) in [7, 11) is -0.741. The minimum Gasteiger partial charge on any atom is -0.365 e. The number of carbonyl (C=O) groups is 2. The summed E-state index contributed by atoms with van der Waals surface area (Å²) in [4.78, 5) is 34.2. The fourth-order valence-electron chi connectivity index (χ4n) is 3.90. The number of piperazine rings is 1. The fourth-order valence-corrected chi connectivity index (χ4v) is 5.30. The summed E-state index contributed by atoms with van der Waals surface area (Å²) in [5.41, 5.74) is -0.212. The summed E-state index contributed by atoms with van der Waals surface area (Å²) in [6.45, 7) is 1.48. The highest BCUT2D eigenvalue weighted by molar-refractivity contribution is 7.89. The average molecular weight is 500 g/mol. The molecule has 2 aromatic heterocycles. The number of nitriles is 2. The van der Waals surface area contributed by atoms with Gasteiger partial charge in [0.15, 0.2) is 5.65 Å². The predicted molar refractivity (Wildman–Crippen MR) is 124 cm³/mol. The van der Waals surface area contributed by atoms with Crippen LogP contribution >= 0.6 is 0 Å². The summed E-state index contributed by atoms with van der Waals surface area (Å²) < 4.78 is 30.2. The quantitative estimate of drug-likeness (QED) is 0.512. The molecule has 14 heteroatoms. The first kappa shape index (κ1) is 24.3. The van der Waals surface area contributed by atoms with Crippen LogP contribution in [0.2, 0.25) is 0 Å². The van der Waals surface area contributed by atoms with E-state index in [1.807, 2.05) is 17.0 Å². The second kappa shape index (κ2) is 9.05. The molecule has 1 aliphatic heterocycles. The van der Waals surface area contributed by atoms with Crippen LogP contribution in [0.4, 0.5) is 10.5 Å². The van der Waals surface area contributed by atoms with Crippen LogP contribution in [-0.2, 0) is 10.0 Å². The molecule has 1 saturated carbocycles. The third kappa shape index (κ3) is 4.71. The summed E-state index contributed by atoms with van der Waals surface area (Å²) in [6.07, 6.45) is 3.45. The van der Waals surface area contributed by atoms with Gasteiger partial charge in [-0.2, -0.15) is 15.2 Å². The minimum atomic E-state index is -4.10. The van der Waals surface area contributed by atoms with Gasteiger partial charge in [0, 0.05) is 46.5 Å². The molecule has 2 N–H and O–H groups in total. The van der Waals surface area contributed by atoms with Gasteiger partial charge in [-0.05, 0) is 18.9 Å². The summed E-state index contributed by atoms with van der Waals surface area (Å²) in [5, 5.41) is 20.6. The van der Waals surface area contributed by atoms with Crippen LogP contribution in [0.1, 0.15) is 23.3 Å². The lowest BCUT2D eigenvalue weighted by Gasteiger charge is -2.37. The molecule has 3 amide bonds. The van der Waals surface area contributed by atoms with Gasteiger partial charge in [-0.3, -0.25) is 9.20 Å². The number of pyridine rings is 1. The molecule has 3 heterocycles. The van der Waals surface area contributed by atoms with E-state index in [-0.39, 0.29) is 23.2 Å². The van der Waals surface area contributed by atoms with Crippen molar-refractivity contribution >= 4 is 33.3 Å². The van der Waals surface area contributed by atoms with E-state index in [4.69, 9.17) is 5.26 Å². The molecular weight excluding hydrogens is 474 g/mol. The van der Waals surface area contributed by atoms with Crippen LogP contribution in [-0.4, -0.2) is 91.9 Å². The zero-order chi connectivity index (χ0) is 25.4. The number of nitrogens with one attached hydrogen (secondary N) is 2. The molecule has 1 aliphatic carbocycles. The Bertz CT molecular complexity index is 1360. The molecule has 0 bridgehead atoms. The third-order valence-corrected chi connectivity index (χ3v) is 7.50. The van der Waals surface area contributed by atoms with Crippen LogP contribution in [0, 0.1) is 22.7 Å². The first-order valence-electron chi connectivity index (χ1n) is 10.9. The fraction of sp³-hybridized carbons (Fsp3) is 0.476. The van der Waals surface area contributed by atoms with Crippen molar-refractivity contribution in [1.29, 1.82) is 10.5 Å². The summed E-state index contributed by atoms with van der Waals surface area (Å²) >= 11 is 0. The zero-order valence-electron chi connectivity index (χ0n) is 19.4. The van der Waals surface area contributed by atoms with Crippen molar-refractivity contribution in [3.05, 3.63) is 24.2 Å². The molecule has 0 aromatic carbocycles. The smallest absolute Gasteiger partial charge is 0.319 e. The highest BCUT2D eigenvalue weighted by Crippen LogP contribution is 2.36. The van der Waals surface area contributed by atoms with E-state index in [0.29, 0.717) is 50.4 Å². The molecule has 2 aromatic rings. The van der Waals surface area contributed by atoms with E-state index < -0.39 is 21.5 Å². The molecule has 2 fully saturated rings. The molecule has 13 nitrogen and oxygen atoms in total. The normalized spacial score (nSPS) is 16.9. The molecule has 2 aliphatic rings. The van der Waals surface area contributed by atoms with Crippen LogP contribution in [0.5, 0.6) is 0 Å². The molecule has 4 rings (SSSR count). The number of hydrogen-bond donors (Lipinski definition) is 2. The van der Waals surface area contributed by atoms with Crippen molar-refractivity contribution in [3.63, 3.8) is 0 Å². The minimum absolute atomic E-state index is 0.0661. The molecular formula is C21H25N9O4S. The Morgan fingerprint density at radius 2 is 1.89 bits per heavy atom. The number of urea groups is 1. The standard InChI is InChI=1S/C21H25N9O4S/c1-27(2)20(32)29-9-7-28(8-10-29)16-11-15(35(33,34)26-21(14-23)3-4-21)13-30-17(12-25-18(16)30)19(31)24-6-5-22/h11-13,26H,3-4,6-10H2,1-2H3,(H,24,31). The number of hydrogen-bond acceptors (Lipinski definition) is 8. The average Bonchev–Trinajstić information content (AvgIpc) is 3.47. The Balaban J connectivity index is 1.74. The Kier molecular flexibility index (Phi) is 6.27. The van der Waals surface area contributed by atoms with Gasteiger partial charge in [0.25, 0.3) is 5.91 Å². The number of anilines is 1. The maximum atomic E-state index is 13.2. The van der Waals surface area contributed by atoms with Gasteiger partial charge in [0.1, 0.15) is 22.7 Å². The van der Waals surface area contributed by atoms with E-state index in [9.17, 15) is 23.3 Å². The van der Waals surface area contributed by atoms with Crippen LogP contribution in [0.25, 0.3) is 5.65 Å². The molecule has 0 radical (unpaired) electrons. The predicted octanol–water partition coefficient (Wildman–Crippen LogP) is -0.274. The topological polar surface area (TPSA) is 167 Å². The number of amides is 3. The van der Waals surface area contributed by atoms with E-state index in [2.05, 4.69) is 15.0 Å². The zero-order valence-corrected chi connectivity index (χ0v) is 20.2. The molecule has 184 valence electrons. The highest BCUT2D eigenvalue weighted by Gasteiger charge is 2.47. The van der Waals surface area contributed by atoms with Gasteiger partial charge in [0.2, 0.25) is 10.0 Å². The lowest BCUT2D eigenvalue weighted by Crippen LogP contribution is -2.51. The first-order valence-corrected chi connectivity index (χ1v) is 12.4. The van der Waals surface area contributed by atoms with Crippen LogP contribution in [0.15, 0.2) is 23.4 Å². The monoisotopic (exact) mass is 499 g/mol. The Labute approximate surface area is 202 Å². The lowest BCUT2D eigenvalue weighted by atomic mass is 10.2. The Morgan fingerprint density at radius 3 is 2.46 bits per heavy atom. The number of nitrogens with zero attached hydrogens (tertiary/aromatic N) is 7. The van der Waals surface area contributed by atoms with E-state index >= 15 is 0 Å². The second-order valence-electron chi connectivity index (χ2n) is 8.69. The van der Waals surface area contributed by atoms with Crippen LogP contribution in [0.3, 0.4) is 0 Å². The molecule has 1 saturated heterocycles. The van der Waals surface area contributed by atoms with Crippen molar-refractivity contribution in [2.75, 3.05) is 51.7 Å². The molecule has 35 heavy (non-hydrogen) atoms.